The highest BCUT2D eigenvalue weighted by molar-refractivity contribution is 5.83. The smallest absolute Gasteiger partial charge is 0.143 e. The molecule has 0 radical (unpaired) electrons. The van der Waals surface area contributed by atoms with Crippen molar-refractivity contribution in [1.82, 2.24) is 14.5 Å². The Morgan fingerprint density at radius 1 is 1.29 bits per heavy atom. The third kappa shape index (κ3) is 2.05. The fourth-order valence-corrected chi connectivity index (χ4v) is 2.21. The Morgan fingerprint density at radius 3 is 2.59 bits per heavy atom. The highest BCUT2D eigenvalue weighted by atomic mass is 15.0. The number of fused-ring (bicyclic) bond motifs is 1. The Kier molecular flexibility index (Phi) is 2.91. The maximum Gasteiger partial charge on any atom is 0.143 e. The van der Waals surface area contributed by atoms with Gasteiger partial charge in [0.05, 0.1) is 5.69 Å². The van der Waals surface area contributed by atoms with E-state index in [1.807, 2.05) is 7.05 Å². The van der Waals surface area contributed by atoms with Crippen molar-refractivity contribution < 1.29 is 0 Å². The molecule has 0 spiro atoms. The first-order chi connectivity index (χ1) is 7.95. The first-order valence-corrected chi connectivity index (χ1v) is 5.94. The SMILES string of the molecule is Cn1cc(CCN)c2c(C(C)(C)C)ncnc21. The van der Waals surface area contributed by atoms with Gasteiger partial charge in [-0.25, -0.2) is 9.97 Å². The molecule has 4 nitrogen and oxygen atoms in total. The number of aromatic nitrogens is 3. The molecule has 2 aromatic rings. The molecule has 0 aliphatic heterocycles. The van der Waals surface area contributed by atoms with Crippen molar-refractivity contribution in [2.45, 2.75) is 32.6 Å². The van der Waals surface area contributed by atoms with Crippen molar-refractivity contribution in [3.05, 3.63) is 23.8 Å². The molecule has 0 aliphatic carbocycles. The Bertz CT molecular complexity index is 534. The van der Waals surface area contributed by atoms with Gasteiger partial charge in [0.1, 0.15) is 12.0 Å². The molecule has 2 N–H and O–H groups in total. The maximum absolute atomic E-state index is 5.67. The molecule has 2 heterocycles. The minimum atomic E-state index is 0.0197. The van der Waals surface area contributed by atoms with E-state index in [1.165, 1.54) is 10.9 Å². The average molecular weight is 232 g/mol. The number of aryl methyl sites for hydroxylation is 1. The third-order valence-electron chi connectivity index (χ3n) is 2.96. The summed E-state index contributed by atoms with van der Waals surface area (Å²) < 4.78 is 2.05. The van der Waals surface area contributed by atoms with Gasteiger partial charge in [0.2, 0.25) is 0 Å². The summed E-state index contributed by atoms with van der Waals surface area (Å²) in [6.45, 7) is 7.17. The predicted octanol–water partition coefficient (Wildman–Crippen LogP) is 1.77. The molecule has 17 heavy (non-hydrogen) atoms. The average Bonchev–Trinajstić information content (AvgIpc) is 2.55. The predicted molar refractivity (Wildman–Crippen MR) is 70.0 cm³/mol. The zero-order valence-corrected chi connectivity index (χ0v) is 11.0. The molecule has 0 aromatic carbocycles. The molecule has 0 amide bonds. The van der Waals surface area contributed by atoms with Crippen molar-refractivity contribution in [3.8, 4) is 0 Å². The summed E-state index contributed by atoms with van der Waals surface area (Å²) in [7, 11) is 2.02. The van der Waals surface area contributed by atoms with Crippen LogP contribution in [-0.4, -0.2) is 21.1 Å². The quantitative estimate of drug-likeness (QED) is 0.858. The second-order valence-electron chi connectivity index (χ2n) is 5.47. The van der Waals surface area contributed by atoms with Crippen LogP contribution < -0.4 is 5.73 Å². The van der Waals surface area contributed by atoms with E-state index in [9.17, 15) is 0 Å². The molecule has 2 rings (SSSR count). The minimum absolute atomic E-state index is 0.0197. The van der Waals surface area contributed by atoms with Gasteiger partial charge < -0.3 is 10.3 Å². The van der Waals surface area contributed by atoms with E-state index in [2.05, 4.69) is 41.5 Å². The first-order valence-electron chi connectivity index (χ1n) is 5.94. The fraction of sp³-hybridized carbons (Fsp3) is 0.538. The Hall–Kier alpha value is -1.42. The first kappa shape index (κ1) is 12.0. The lowest BCUT2D eigenvalue weighted by atomic mass is 9.89. The summed E-state index contributed by atoms with van der Waals surface area (Å²) >= 11 is 0. The molecule has 0 atom stereocenters. The van der Waals surface area contributed by atoms with Crippen molar-refractivity contribution in [2.24, 2.45) is 12.8 Å². The van der Waals surface area contributed by atoms with Crippen molar-refractivity contribution >= 4 is 11.0 Å². The number of rotatable bonds is 2. The molecule has 92 valence electrons. The zero-order chi connectivity index (χ0) is 12.6. The van der Waals surface area contributed by atoms with Crippen LogP contribution >= 0.6 is 0 Å². The standard InChI is InChI=1S/C13H20N4/c1-13(2,3)11-10-9(5-6-14)7-17(4)12(10)16-8-15-11/h7-8H,5-6,14H2,1-4H3. The second-order valence-corrected chi connectivity index (χ2v) is 5.47. The van der Waals surface area contributed by atoms with Crippen LogP contribution in [-0.2, 0) is 18.9 Å². The van der Waals surface area contributed by atoms with E-state index >= 15 is 0 Å². The lowest BCUT2D eigenvalue weighted by Crippen LogP contribution is -2.15. The lowest BCUT2D eigenvalue weighted by Gasteiger charge is -2.19. The van der Waals surface area contributed by atoms with Gasteiger partial charge in [-0.1, -0.05) is 20.8 Å². The number of nitrogens with two attached hydrogens (primary N) is 1. The van der Waals surface area contributed by atoms with Crippen molar-refractivity contribution in [3.63, 3.8) is 0 Å². The third-order valence-corrected chi connectivity index (χ3v) is 2.96. The summed E-state index contributed by atoms with van der Waals surface area (Å²) in [5, 5.41) is 1.17. The summed E-state index contributed by atoms with van der Waals surface area (Å²) in [6.07, 6.45) is 4.63. The van der Waals surface area contributed by atoms with Crippen LogP contribution in [0.4, 0.5) is 0 Å². The highest BCUT2D eigenvalue weighted by Crippen LogP contribution is 2.30. The molecule has 0 fully saturated rings. The van der Waals surface area contributed by atoms with Gasteiger partial charge in [-0.3, -0.25) is 0 Å². The molecule has 0 unspecified atom stereocenters. The largest absolute Gasteiger partial charge is 0.335 e. The van der Waals surface area contributed by atoms with Gasteiger partial charge in [0.15, 0.2) is 0 Å². The van der Waals surface area contributed by atoms with Crippen molar-refractivity contribution in [1.29, 1.82) is 0 Å². The van der Waals surface area contributed by atoms with Crippen LogP contribution in [0.3, 0.4) is 0 Å². The zero-order valence-electron chi connectivity index (χ0n) is 11.0. The lowest BCUT2D eigenvalue weighted by molar-refractivity contribution is 0.573. The molecule has 4 heteroatoms. The summed E-state index contributed by atoms with van der Waals surface area (Å²) in [5.41, 5.74) is 9.03. The van der Waals surface area contributed by atoms with E-state index in [1.54, 1.807) is 6.33 Å². The number of nitrogens with zero attached hydrogens (tertiary/aromatic N) is 3. The molecular weight excluding hydrogens is 212 g/mol. The fourth-order valence-electron chi connectivity index (χ4n) is 2.21. The van der Waals surface area contributed by atoms with Gasteiger partial charge in [0, 0.05) is 24.0 Å². The van der Waals surface area contributed by atoms with Crippen LogP contribution in [0.15, 0.2) is 12.5 Å². The van der Waals surface area contributed by atoms with Crippen LogP contribution in [0.5, 0.6) is 0 Å². The highest BCUT2D eigenvalue weighted by Gasteiger charge is 2.22. The van der Waals surface area contributed by atoms with Crippen LogP contribution in [0.1, 0.15) is 32.0 Å². The van der Waals surface area contributed by atoms with E-state index < -0.39 is 0 Å². The molecular formula is C13H20N4. The Balaban J connectivity index is 2.76. The van der Waals surface area contributed by atoms with Crippen LogP contribution in [0.25, 0.3) is 11.0 Å². The van der Waals surface area contributed by atoms with Gasteiger partial charge >= 0.3 is 0 Å². The molecule has 0 saturated carbocycles. The van der Waals surface area contributed by atoms with Gasteiger partial charge in [0.25, 0.3) is 0 Å². The molecule has 0 bridgehead atoms. The maximum atomic E-state index is 5.67. The van der Waals surface area contributed by atoms with Gasteiger partial charge in [-0.15, -0.1) is 0 Å². The summed E-state index contributed by atoms with van der Waals surface area (Å²) in [4.78, 5) is 8.84. The van der Waals surface area contributed by atoms with Crippen LogP contribution in [0, 0.1) is 0 Å². The Morgan fingerprint density at radius 2 is 2.00 bits per heavy atom. The minimum Gasteiger partial charge on any atom is -0.335 e. The van der Waals surface area contributed by atoms with Gasteiger partial charge in [-0.05, 0) is 18.5 Å². The number of hydrogen-bond acceptors (Lipinski definition) is 3. The van der Waals surface area contributed by atoms with E-state index in [4.69, 9.17) is 5.73 Å². The second kappa shape index (κ2) is 4.11. The van der Waals surface area contributed by atoms with Gasteiger partial charge in [-0.2, -0.15) is 0 Å². The number of hydrogen-bond donors (Lipinski definition) is 1. The van der Waals surface area contributed by atoms with E-state index in [0.717, 1.165) is 17.8 Å². The van der Waals surface area contributed by atoms with Crippen molar-refractivity contribution in [2.75, 3.05) is 6.54 Å². The van der Waals surface area contributed by atoms with E-state index in [-0.39, 0.29) is 5.41 Å². The molecule has 0 aliphatic rings. The molecule has 0 saturated heterocycles. The summed E-state index contributed by atoms with van der Waals surface area (Å²) in [6, 6.07) is 0. The summed E-state index contributed by atoms with van der Waals surface area (Å²) in [5.74, 6) is 0. The molecule has 2 aromatic heterocycles. The Labute approximate surface area is 102 Å². The van der Waals surface area contributed by atoms with Crippen LogP contribution in [0.2, 0.25) is 0 Å². The normalized spacial score (nSPS) is 12.3. The topological polar surface area (TPSA) is 56.7 Å². The van der Waals surface area contributed by atoms with E-state index in [0.29, 0.717) is 6.54 Å². The monoisotopic (exact) mass is 232 g/mol.